The van der Waals surface area contributed by atoms with Gasteiger partial charge in [0.25, 0.3) is 5.91 Å². The van der Waals surface area contributed by atoms with Crippen molar-refractivity contribution in [3.05, 3.63) is 98.7 Å². The van der Waals surface area contributed by atoms with Gasteiger partial charge in [-0.3, -0.25) is 9.59 Å². The molecule has 0 spiro atoms. The summed E-state index contributed by atoms with van der Waals surface area (Å²) in [6, 6.07) is 16.3. The predicted molar refractivity (Wildman–Crippen MR) is 187 cm³/mol. The Morgan fingerprint density at radius 1 is 1.08 bits per heavy atom. The standard InChI is InChI=1S/C34H36Cl2N6O5S/c1-21-17-22(2)41-32-25(21)9-4-11-29(32)47-20-26-27(35)12-13-30(31(26)36)48(45,46)42-16-5-10-28(42)34(44)39-15-6-14-38-33(43)24-8-3-7-23(18-24)19-40-37/h3-4,7-9,11-13,17-19,28H,5-6,10,14-16,20,37H2,1-2H3,(H,38,43)(H,39,44)/t28-/m0/s1. The van der Waals surface area contributed by atoms with E-state index in [0.717, 1.165) is 16.6 Å². The summed E-state index contributed by atoms with van der Waals surface area (Å²) in [5.41, 5.74) is 4.04. The zero-order valence-corrected chi connectivity index (χ0v) is 28.8. The maximum absolute atomic E-state index is 13.9. The molecule has 1 aliphatic rings. The summed E-state index contributed by atoms with van der Waals surface area (Å²) in [5, 5.41) is 10.2. The van der Waals surface area contributed by atoms with E-state index in [2.05, 4.69) is 20.7 Å². The summed E-state index contributed by atoms with van der Waals surface area (Å²) in [7, 11) is -4.18. The minimum absolute atomic E-state index is 0.0642. The number of pyridine rings is 1. The van der Waals surface area contributed by atoms with E-state index >= 15 is 0 Å². The highest BCUT2D eigenvalue weighted by Gasteiger charge is 2.40. The molecule has 0 unspecified atom stereocenters. The van der Waals surface area contributed by atoms with E-state index in [4.69, 9.17) is 33.8 Å². The summed E-state index contributed by atoms with van der Waals surface area (Å²) >= 11 is 13.2. The summed E-state index contributed by atoms with van der Waals surface area (Å²) in [6.07, 6.45) is 2.76. The molecule has 11 nitrogen and oxygen atoms in total. The molecule has 0 saturated carbocycles. The van der Waals surface area contributed by atoms with Gasteiger partial charge in [-0.05, 0) is 80.6 Å². The number of sulfonamides is 1. The van der Waals surface area contributed by atoms with E-state index < -0.39 is 22.0 Å². The second-order valence-electron chi connectivity index (χ2n) is 11.4. The van der Waals surface area contributed by atoms with Crippen LogP contribution in [0, 0.1) is 13.8 Å². The van der Waals surface area contributed by atoms with Gasteiger partial charge in [0.1, 0.15) is 28.8 Å². The molecule has 1 aromatic heterocycles. The lowest BCUT2D eigenvalue weighted by Gasteiger charge is -2.24. The largest absolute Gasteiger partial charge is 0.487 e. The van der Waals surface area contributed by atoms with Crippen molar-refractivity contribution in [1.82, 2.24) is 19.9 Å². The fraction of sp³-hybridized carbons (Fsp3) is 0.294. The van der Waals surface area contributed by atoms with Crippen LogP contribution < -0.4 is 21.2 Å². The number of aromatic nitrogens is 1. The van der Waals surface area contributed by atoms with E-state index in [-0.39, 0.29) is 40.5 Å². The van der Waals surface area contributed by atoms with Crippen molar-refractivity contribution < 1.29 is 22.7 Å². The number of nitrogens with one attached hydrogen (secondary N) is 2. The van der Waals surface area contributed by atoms with Crippen LogP contribution in [0.4, 0.5) is 0 Å². The first kappa shape index (κ1) is 35.1. The third-order valence-corrected chi connectivity index (χ3v) is 10.9. The van der Waals surface area contributed by atoms with Crippen molar-refractivity contribution in [3.8, 4) is 5.75 Å². The molecule has 4 N–H and O–H groups in total. The minimum atomic E-state index is -4.18. The molecule has 0 aliphatic carbocycles. The zero-order valence-electron chi connectivity index (χ0n) is 26.5. The van der Waals surface area contributed by atoms with Gasteiger partial charge in [-0.25, -0.2) is 13.4 Å². The lowest BCUT2D eigenvalue weighted by atomic mass is 10.1. The molecule has 0 radical (unpaired) electrons. The molecule has 48 heavy (non-hydrogen) atoms. The number of hydrazone groups is 1. The minimum Gasteiger partial charge on any atom is -0.487 e. The highest BCUT2D eigenvalue weighted by atomic mass is 35.5. The van der Waals surface area contributed by atoms with Gasteiger partial charge in [-0.15, -0.1) is 0 Å². The lowest BCUT2D eigenvalue weighted by molar-refractivity contribution is -0.124. The van der Waals surface area contributed by atoms with Crippen molar-refractivity contribution in [2.24, 2.45) is 10.9 Å². The number of ether oxygens (including phenoxy) is 1. The molecule has 14 heteroatoms. The van der Waals surface area contributed by atoms with Crippen molar-refractivity contribution in [2.75, 3.05) is 19.6 Å². The maximum Gasteiger partial charge on any atom is 0.251 e. The maximum atomic E-state index is 13.9. The third-order valence-electron chi connectivity index (χ3n) is 8.06. The number of hydrogen-bond acceptors (Lipinski definition) is 8. The van der Waals surface area contributed by atoms with Gasteiger partial charge in [0, 0.05) is 46.9 Å². The van der Waals surface area contributed by atoms with Crippen LogP contribution >= 0.6 is 23.2 Å². The number of para-hydroxylation sites is 1. The van der Waals surface area contributed by atoms with Gasteiger partial charge in [0.05, 0.1) is 11.2 Å². The average molecular weight is 712 g/mol. The number of nitrogens with zero attached hydrogens (tertiary/aromatic N) is 3. The van der Waals surface area contributed by atoms with Crippen molar-refractivity contribution in [2.45, 2.75) is 50.7 Å². The summed E-state index contributed by atoms with van der Waals surface area (Å²) in [4.78, 5) is 30.1. The number of halogens is 2. The third kappa shape index (κ3) is 7.73. The first-order valence-electron chi connectivity index (χ1n) is 15.4. The molecular formula is C34H36Cl2N6O5S. The average Bonchev–Trinajstić information content (AvgIpc) is 3.56. The van der Waals surface area contributed by atoms with Gasteiger partial charge in [0.15, 0.2) is 0 Å². The highest BCUT2D eigenvalue weighted by Crippen LogP contribution is 2.36. The molecule has 3 aromatic carbocycles. The summed E-state index contributed by atoms with van der Waals surface area (Å²) in [6.45, 7) is 4.52. The Bertz CT molecular complexity index is 1990. The molecule has 4 aromatic rings. The SMILES string of the molecule is Cc1cc(C)c2cccc(OCc3c(Cl)ccc(S(=O)(=O)N4CCC[C@H]4C(=O)NCCCNC(=O)c4cccc(C=NN)c4)c3Cl)c2n1. The van der Waals surface area contributed by atoms with E-state index in [0.29, 0.717) is 53.8 Å². The van der Waals surface area contributed by atoms with Crippen LogP contribution in [-0.2, 0) is 21.4 Å². The number of amides is 2. The molecular weight excluding hydrogens is 675 g/mol. The Hall–Kier alpha value is -4.23. The number of aryl methyl sites for hydroxylation is 2. The lowest BCUT2D eigenvalue weighted by Crippen LogP contribution is -2.46. The van der Waals surface area contributed by atoms with Crippen molar-refractivity contribution >= 4 is 62.2 Å². The normalized spacial score (nSPS) is 15.2. The highest BCUT2D eigenvalue weighted by molar-refractivity contribution is 7.89. The van der Waals surface area contributed by atoms with E-state index in [1.54, 1.807) is 30.3 Å². The number of benzene rings is 3. The van der Waals surface area contributed by atoms with Crippen LogP contribution in [0.25, 0.3) is 10.9 Å². The quantitative estimate of drug-likeness (QED) is 0.0798. The Balaban J connectivity index is 1.22. The first-order chi connectivity index (χ1) is 23.0. The molecule has 1 saturated heterocycles. The summed E-state index contributed by atoms with van der Waals surface area (Å²) in [5.74, 6) is 5.01. The van der Waals surface area contributed by atoms with Crippen molar-refractivity contribution in [1.29, 1.82) is 0 Å². The van der Waals surface area contributed by atoms with E-state index in [9.17, 15) is 18.0 Å². The number of fused-ring (bicyclic) bond motifs is 1. The van der Waals surface area contributed by atoms with Crippen LogP contribution in [0.2, 0.25) is 10.0 Å². The molecule has 0 bridgehead atoms. The molecule has 2 amide bonds. The second kappa shape index (κ2) is 15.3. The molecule has 1 aliphatic heterocycles. The van der Waals surface area contributed by atoms with Crippen molar-refractivity contribution in [3.63, 3.8) is 0 Å². The topological polar surface area (TPSA) is 156 Å². The second-order valence-corrected chi connectivity index (χ2v) is 14.1. The van der Waals surface area contributed by atoms with Gasteiger partial charge in [-0.1, -0.05) is 47.5 Å². The molecule has 252 valence electrons. The van der Waals surface area contributed by atoms with Crippen LogP contribution in [0.3, 0.4) is 0 Å². The molecule has 1 fully saturated rings. The van der Waals surface area contributed by atoms with Gasteiger partial charge >= 0.3 is 0 Å². The molecule has 5 rings (SSSR count). The number of carbonyl (C=O) groups is 2. The van der Waals surface area contributed by atoms with E-state index in [1.165, 1.54) is 22.7 Å². The van der Waals surface area contributed by atoms with Crippen LogP contribution in [-0.4, -0.2) is 61.4 Å². The van der Waals surface area contributed by atoms with Crippen LogP contribution in [0.15, 0.2) is 70.7 Å². The number of hydrogen-bond donors (Lipinski definition) is 3. The van der Waals surface area contributed by atoms with Gasteiger partial charge < -0.3 is 21.2 Å². The molecule has 1 atom stereocenters. The smallest absolute Gasteiger partial charge is 0.251 e. The summed E-state index contributed by atoms with van der Waals surface area (Å²) < 4.78 is 35.1. The fourth-order valence-electron chi connectivity index (χ4n) is 5.71. The number of carbonyl (C=O) groups excluding carboxylic acids is 2. The Kier molecular flexibility index (Phi) is 11.2. The number of rotatable bonds is 12. The Morgan fingerprint density at radius 3 is 2.65 bits per heavy atom. The monoisotopic (exact) mass is 710 g/mol. The van der Waals surface area contributed by atoms with Crippen LogP contribution in [0.1, 0.15) is 52.0 Å². The fourth-order valence-corrected chi connectivity index (χ4v) is 8.23. The zero-order chi connectivity index (χ0) is 34.4. The Morgan fingerprint density at radius 2 is 1.85 bits per heavy atom. The van der Waals surface area contributed by atoms with Gasteiger partial charge in [-0.2, -0.15) is 9.41 Å². The Labute approximate surface area is 289 Å². The first-order valence-corrected chi connectivity index (χ1v) is 17.6. The number of nitrogens with two attached hydrogens (primary N) is 1. The molecule has 2 heterocycles. The van der Waals surface area contributed by atoms with Crippen LogP contribution in [0.5, 0.6) is 5.75 Å². The van der Waals surface area contributed by atoms with Gasteiger partial charge in [0.2, 0.25) is 15.9 Å². The predicted octanol–water partition coefficient (Wildman–Crippen LogP) is 5.12. The van der Waals surface area contributed by atoms with E-state index in [1.807, 2.05) is 32.0 Å².